The topological polar surface area (TPSA) is 83.7 Å². The SMILES string of the molecule is C[C@@H](c1c[nH]c2ccccc12)[C@@H](NC(=O)N1CCN(c2ccccc2)CC1)C(=O)Nc1cccc(CN(C)C)c1. The predicted molar refractivity (Wildman–Crippen MR) is 162 cm³/mol. The van der Waals surface area contributed by atoms with E-state index in [-0.39, 0.29) is 17.9 Å². The number of benzene rings is 3. The second kappa shape index (κ2) is 12.3. The molecule has 8 heteroatoms. The third-order valence-corrected chi connectivity index (χ3v) is 7.55. The number of aromatic nitrogens is 1. The van der Waals surface area contributed by atoms with E-state index in [1.807, 2.05) is 93.9 Å². The van der Waals surface area contributed by atoms with Crippen molar-refractivity contribution in [3.05, 3.63) is 96.2 Å². The standard InChI is InChI=1S/C32H38N6O2/c1-23(28-21-33-29-15-8-7-14-27(28)29)30(31(39)34-25-11-9-10-24(20-25)22-36(2)3)35-32(40)38-18-16-37(17-19-38)26-12-5-4-6-13-26/h4-15,20-21,23,30,33H,16-19,22H2,1-3H3,(H,34,39)(H,35,40)/t23-,30+/m0/s1. The average molecular weight is 539 g/mol. The lowest BCUT2D eigenvalue weighted by Gasteiger charge is -2.37. The molecule has 0 spiro atoms. The Bertz CT molecular complexity index is 1440. The quantitative estimate of drug-likeness (QED) is 0.299. The molecule has 0 unspecified atom stereocenters. The maximum Gasteiger partial charge on any atom is 0.318 e. The average Bonchev–Trinajstić information content (AvgIpc) is 3.40. The van der Waals surface area contributed by atoms with E-state index in [1.54, 1.807) is 4.90 Å². The summed E-state index contributed by atoms with van der Waals surface area (Å²) >= 11 is 0. The summed E-state index contributed by atoms with van der Waals surface area (Å²) in [5.74, 6) is -0.508. The van der Waals surface area contributed by atoms with Gasteiger partial charge in [0.05, 0.1) is 0 Å². The van der Waals surface area contributed by atoms with Crippen molar-refractivity contribution < 1.29 is 9.59 Å². The predicted octanol–water partition coefficient (Wildman–Crippen LogP) is 4.87. The molecule has 1 saturated heterocycles. The first kappa shape index (κ1) is 27.3. The van der Waals surface area contributed by atoms with Crippen molar-refractivity contribution in [2.45, 2.75) is 25.4 Å². The van der Waals surface area contributed by atoms with E-state index in [2.05, 4.69) is 37.6 Å². The Morgan fingerprint density at radius 2 is 1.65 bits per heavy atom. The molecule has 1 fully saturated rings. The van der Waals surface area contributed by atoms with E-state index in [4.69, 9.17) is 0 Å². The van der Waals surface area contributed by atoms with Gasteiger partial charge in [0, 0.05) is 67.1 Å². The number of hydrogen-bond donors (Lipinski definition) is 3. The number of amides is 3. The highest BCUT2D eigenvalue weighted by Gasteiger charge is 2.32. The van der Waals surface area contributed by atoms with E-state index in [0.717, 1.165) is 47.4 Å². The summed E-state index contributed by atoms with van der Waals surface area (Å²) < 4.78 is 0. The van der Waals surface area contributed by atoms with Crippen LogP contribution in [0.25, 0.3) is 10.9 Å². The molecule has 3 aromatic carbocycles. The Kier molecular flexibility index (Phi) is 8.36. The minimum absolute atomic E-state index is 0.221. The van der Waals surface area contributed by atoms with Crippen molar-refractivity contribution in [2.24, 2.45) is 0 Å². The first-order valence-corrected chi connectivity index (χ1v) is 13.8. The van der Waals surface area contributed by atoms with Crippen LogP contribution in [0, 0.1) is 0 Å². The molecule has 0 aliphatic carbocycles. The van der Waals surface area contributed by atoms with Crippen LogP contribution in [0.4, 0.5) is 16.2 Å². The van der Waals surface area contributed by atoms with Crippen molar-refractivity contribution in [2.75, 3.05) is 50.5 Å². The highest BCUT2D eigenvalue weighted by atomic mass is 16.2. The second-order valence-corrected chi connectivity index (χ2v) is 10.7. The number of nitrogens with zero attached hydrogens (tertiary/aromatic N) is 3. The summed E-state index contributed by atoms with van der Waals surface area (Å²) in [6.07, 6.45) is 1.94. The van der Waals surface area contributed by atoms with E-state index < -0.39 is 6.04 Å². The van der Waals surface area contributed by atoms with Gasteiger partial charge in [0.2, 0.25) is 5.91 Å². The van der Waals surface area contributed by atoms with Gasteiger partial charge in [-0.05, 0) is 55.6 Å². The number of nitrogens with one attached hydrogen (secondary N) is 3. The lowest BCUT2D eigenvalue weighted by Crippen LogP contribution is -2.56. The number of hydrogen-bond acceptors (Lipinski definition) is 4. The van der Waals surface area contributed by atoms with Crippen LogP contribution in [0.5, 0.6) is 0 Å². The van der Waals surface area contributed by atoms with Gasteiger partial charge in [-0.1, -0.05) is 55.5 Å². The van der Waals surface area contributed by atoms with Crippen molar-refractivity contribution in [3.63, 3.8) is 0 Å². The second-order valence-electron chi connectivity index (χ2n) is 10.7. The van der Waals surface area contributed by atoms with E-state index >= 15 is 0 Å². The minimum atomic E-state index is -0.767. The largest absolute Gasteiger partial charge is 0.368 e. The number of anilines is 2. The van der Waals surface area contributed by atoms with Gasteiger partial charge >= 0.3 is 6.03 Å². The van der Waals surface area contributed by atoms with Gasteiger partial charge in [-0.15, -0.1) is 0 Å². The fourth-order valence-electron chi connectivity index (χ4n) is 5.43. The fourth-order valence-corrected chi connectivity index (χ4v) is 5.43. The van der Waals surface area contributed by atoms with Crippen LogP contribution in [0.1, 0.15) is 24.0 Å². The molecule has 1 aromatic heterocycles. The van der Waals surface area contributed by atoms with Gasteiger partial charge in [0.1, 0.15) is 6.04 Å². The number of carbonyl (C=O) groups is 2. The van der Waals surface area contributed by atoms with Gasteiger partial charge in [-0.3, -0.25) is 4.79 Å². The number of H-pyrrole nitrogens is 1. The molecule has 0 radical (unpaired) electrons. The first-order valence-electron chi connectivity index (χ1n) is 13.8. The molecular weight excluding hydrogens is 500 g/mol. The molecule has 8 nitrogen and oxygen atoms in total. The molecule has 3 N–H and O–H groups in total. The highest BCUT2D eigenvalue weighted by molar-refractivity contribution is 5.98. The van der Waals surface area contributed by atoms with Crippen LogP contribution in [-0.2, 0) is 11.3 Å². The summed E-state index contributed by atoms with van der Waals surface area (Å²) in [6.45, 7) is 5.42. The molecule has 0 saturated carbocycles. The van der Waals surface area contributed by atoms with Crippen LogP contribution in [0.2, 0.25) is 0 Å². The number of rotatable bonds is 8. The van der Waals surface area contributed by atoms with Crippen LogP contribution >= 0.6 is 0 Å². The number of urea groups is 1. The zero-order valence-corrected chi connectivity index (χ0v) is 23.4. The zero-order valence-electron chi connectivity index (χ0n) is 23.4. The lowest BCUT2D eigenvalue weighted by atomic mass is 9.92. The molecule has 0 bridgehead atoms. The molecule has 2 atom stereocenters. The molecule has 208 valence electrons. The van der Waals surface area contributed by atoms with E-state index in [0.29, 0.717) is 18.8 Å². The zero-order chi connectivity index (χ0) is 28.1. The van der Waals surface area contributed by atoms with Crippen LogP contribution in [0.3, 0.4) is 0 Å². The Morgan fingerprint density at radius 1 is 0.925 bits per heavy atom. The molecular formula is C32H38N6O2. The highest BCUT2D eigenvalue weighted by Crippen LogP contribution is 2.29. The Morgan fingerprint density at radius 3 is 2.40 bits per heavy atom. The lowest BCUT2D eigenvalue weighted by molar-refractivity contribution is -0.118. The smallest absolute Gasteiger partial charge is 0.318 e. The fraction of sp³-hybridized carbons (Fsp3) is 0.312. The molecule has 4 aromatic rings. The Balaban J connectivity index is 1.34. The van der Waals surface area contributed by atoms with Gasteiger partial charge in [-0.2, -0.15) is 0 Å². The van der Waals surface area contributed by atoms with Gasteiger partial charge in [0.15, 0.2) is 0 Å². The van der Waals surface area contributed by atoms with Crippen LogP contribution in [0.15, 0.2) is 85.1 Å². The van der Waals surface area contributed by atoms with Crippen LogP contribution < -0.4 is 15.5 Å². The third-order valence-electron chi connectivity index (χ3n) is 7.55. The maximum atomic E-state index is 13.8. The maximum absolute atomic E-state index is 13.8. The van der Waals surface area contributed by atoms with Gasteiger partial charge < -0.3 is 30.3 Å². The molecule has 40 heavy (non-hydrogen) atoms. The Labute approximate surface area is 236 Å². The normalized spacial score (nSPS) is 15.2. The Hall–Kier alpha value is -4.30. The summed E-state index contributed by atoms with van der Waals surface area (Å²) in [6, 6.07) is 25.1. The summed E-state index contributed by atoms with van der Waals surface area (Å²) in [5, 5.41) is 7.22. The number of para-hydroxylation sites is 2. The van der Waals surface area contributed by atoms with Crippen LogP contribution in [-0.4, -0.2) is 73.0 Å². The minimum Gasteiger partial charge on any atom is -0.368 e. The number of fused-ring (bicyclic) bond motifs is 1. The van der Waals surface area contributed by atoms with Gasteiger partial charge in [-0.25, -0.2) is 4.79 Å². The summed E-state index contributed by atoms with van der Waals surface area (Å²) in [7, 11) is 4.03. The number of piperazine rings is 1. The molecule has 3 amide bonds. The van der Waals surface area contributed by atoms with E-state index in [1.165, 1.54) is 0 Å². The van der Waals surface area contributed by atoms with Crippen molar-refractivity contribution in [1.82, 2.24) is 20.1 Å². The van der Waals surface area contributed by atoms with Gasteiger partial charge in [0.25, 0.3) is 0 Å². The van der Waals surface area contributed by atoms with Crippen molar-refractivity contribution in [1.29, 1.82) is 0 Å². The molecule has 1 aliphatic heterocycles. The number of aromatic amines is 1. The molecule has 5 rings (SSSR count). The molecule has 1 aliphatic rings. The molecule has 2 heterocycles. The summed E-state index contributed by atoms with van der Waals surface area (Å²) in [5.41, 5.74) is 4.97. The van der Waals surface area contributed by atoms with Crippen molar-refractivity contribution >= 4 is 34.2 Å². The van der Waals surface area contributed by atoms with Crippen molar-refractivity contribution in [3.8, 4) is 0 Å². The third kappa shape index (κ3) is 6.29. The summed E-state index contributed by atoms with van der Waals surface area (Å²) in [4.78, 5) is 36.8. The number of carbonyl (C=O) groups excluding carboxylic acids is 2. The first-order chi connectivity index (χ1) is 19.4. The van der Waals surface area contributed by atoms with E-state index in [9.17, 15) is 9.59 Å². The monoisotopic (exact) mass is 538 g/mol.